The van der Waals surface area contributed by atoms with Crippen LogP contribution in [0.5, 0.6) is 0 Å². The van der Waals surface area contributed by atoms with Gasteiger partial charge >= 0.3 is 0 Å². The minimum absolute atomic E-state index is 0.313. The summed E-state index contributed by atoms with van der Waals surface area (Å²) in [6.07, 6.45) is 6.79. The van der Waals surface area contributed by atoms with Gasteiger partial charge in [0.05, 0.1) is 19.8 Å². The summed E-state index contributed by atoms with van der Waals surface area (Å²) in [4.78, 5) is 12.1. The third kappa shape index (κ3) is 4.25. The first-order valence-corrected chi connectivity index (χ1v) is 7.98. The van der Waals surface area contributed by atoms with Gasteiger partial charge in [-0.05, 0) is 25.7 Å². The molecule has 0 aliphatic carbocycles. The Morgan fingerprint density at radius 2 is 1.89 bits per heavy atom. The number of Topliss-reactive ketones (excluding diaryl/α,β-unsaturated/α-hetero) is 1. The van der Waals surface area contributed by atoms with Gasteiger partial charge in [-0.25, -0.2) is 0 Å². The van der Waals surface area contributed by atoms with Crippen LogP contribution in [-0.2, 0) is 14.3 Å². The quantitative estimate of drug-likeness (QED) is 0.668. The fourth-order valence-corrected chi connectivity index (χ4v) is 4.78. The van der Waals surface area contributed by atoms with E-state index in [0.717, 1.165) is 23.3 Å². The molecule has 0 N–H and O–H groups in total. The van der Waals surface area contributed by atoms with E-state index >= 15 is 0 Å². The van der Waals surface area contributed by atoms with Crippen molar-refractivity contribution in [2.45, 2.75) is 49.0 Å². The molecular formula is C14H24O3S. The molecule has 2 bridgehead atoms. The second-order valence-corrected chi connectivity index (χ2v) is 6.91. The van der Waals surface area contributed by atoms with Crippen molar-refractivity contribution >= 4 is 17.5 Å². The van der Waals surface area contributed by atoms with Crippen molar-refractivity contribution in [1.29, 1.82) is 0 Å². The second-order valence-electron chi connectivity index (χ2n) is 5.30. The van der Waals surface area contributed by atoms with Gasteiger partial charge in [0.25, 0.3) is 0 Å². The van der Waals surface area contributed by atoms with Crippen LogP contribution in [0, 0.1) is 5.92 Å². The molecule has 2 heterocycles. The molecule has 0 saturated carbocycles. The van der Waals surface area contributed by atoms with Crippen LogP contribution in [0.2, 0.25) is 0 Å². The lowest BCUT2D eigenvalue weighted by atomic mass is 9.86. The lowest BCUT2D eigenvalue weighted by molar-refractivity contribution is -0.124. The minimum atomic E-state index is 0.313. The average Bonchev–Trinajstić information content (AvgIpc) is 2.38. The third-order valence-corrected chi connectivity index (χ3v) is 5.54. The highest BCUT2D eigenvalue weighted by Gasteiger charge is 2.35. The zero-order valence-corrected chi connectivity index (χ0v) is 12.0. The maximum absolute atomic E-state index is 12.1. The van der Waals surface area contributed by atoms with Crippen molar-refractivity contribution in [2.75, 3.05) is 26.9 Å². The van der Waals surface area contributed by atoms with E-state index < -0.39 is 0 Å². The molecule has 2 saturated heterocycles. The Kier molecular flexibility index (Phi) is 5.99. The van der Waals surface area contributed by atoms with E-state index in [1.54, 1.807) is 7.11 Å². The van der Waals surface area contributed by atoms with E-state index in [9.17, 15) is 4.79 Å². The van der Waals surface area contributed by atoms with Crippen LogP contribution in [0.3, 0.4) is 0 Å². The number of methoxy groups -OCH3 is 1. The standard InChI is InChI=1S/C14H24O3S/c1-16-7-8-17-6-5-14(15)11-9-12-3-2-4-13(10-11)18-12/h11-13H,2-10H2,1H3. The largest absolute Gasteiger partial charge is 0.382 e. The molecule has 3 nitrogen and oxygen atoms in total. The number of carbonyl (C=O) groups excluding carboxylic acids is 1. The van der Waals surface area contributed by atoms with E-state index in [1.807, 2.05) is 0 Å². The minimum Gasteiger partial charge on any atom is -0.382 e. The number of carbonyl (C=O) groups is 1. The Morgan fingerprint density at radius 3 is 2.56 bits per heavy atom. The highest BCUT2D eigenvalue weighted by atomic mass is 32.2. The van der Waals surface area contributed by atoms with Crippen molar-refractivity contribution in [2.24, 2.45) is 5.92 Å². The third-order valence-electron chi connectivity index (χ3n) is 3.91. The van der Waals surface area contributed by atoms with Gasteiger partial charge in [0.1, 0.15) is 5.78 Å². The molecule has 2 atom stereocenters. The van der Waals surface area contributed by atoms with Crippen LogP contribution >= 0.6 is 11.8 Å². The van der Waals surface area contributed by atoms with E-state index in [2.05, 4.69) is 11.8 Å². The summed E-state index contributed by atoms with van der Waals surface area (Å²) in [6, 6.07) is 0. The smallest absolute Gasteiger partial charge is 0.138 e. The Balaban J connectivity index is 1.66. The topological polar surface area (TPSA) is 35.5 Å². The van der Waals surface area contributed by atoms with Gasteiger partial charge in [-0.2, -0.15) is 11.8 Å². The fourth-order valence-electron chi connectivity index (χ4n) is 2.94. The average molecular weight is 272 g/mol. The molecule has 2 aliphatic rings. The predicted molar refractivity (Wildman–Crippen MR) is 74.1 cm³/mol. The first-order valence-electron chi connectivity index (χ1n) is 7.04. The second kappa shape index (κ2) is 7.51. The van der Waals surface area contributed by atoms with E-state index in [1.165, 1.54) is 19.3 Å². The van der Waals surface area contributed by atoms with Crippen LogP contribution in [0.25, 0.3) is 0 Å². The lowest BCUT2D eigenvalue weighted by Gasteiger charge is -2.37. The number of ketones is 1. The lowest BCUT2D eigenvalue weighted by Crippen LogP contribution is -2.33. The Bertz CT molecular complexity index is 258. The maximum atomic E-state index is 12.1. The predicted octanol–water partition coefficient (Wildman–Crippen LogP) is 2.67. The van der Waals surface area contributed by atoms with E-state index in [-0.39, 0.29) is 0 Å². The SMILES string of the molecule is COCCOCCC(=O)C1CC2CCCC(C1)S2. The maximum Gasteiger partial charge on any atom is 0.138 e. The molecule has 0 aromatic rings. The van der Waals surface area contributed by atoms with Gasteiger partial charge in [-0.3, -0.25) is 4.79 Å². The number of ether oxygens (including phenoxy) is 2. The summed E-state index contributed by atoms with van der Waals surface area (Å²) in [5.41, 5.74) is 0. The Labute approximate surface area is 114 Å². The number of hydrogen-bond donors (Lipinski definition) is 0. The number of hydrogen-bond acceptors (Lipinski definition) is 4. The molecule has 0 amide bonds. The van der Waals surface area contributed by atoms with Crippen LogP contribution < -0.4 is 0 Å². The van der Waals surface area contributed by atoms with Crippen molar-refractivity contribution in [3.8, 4) is 0 Å². The summed E-state index contributed by atoms with van der Waals surface area (Å²) in [5.74, 6) is 0.734. The van der Waals surface area contributed by atoms with Crippen LogP contribution in [0.15, 0.2) is 0 Å². The summed E-state index contributed by atoms with van der Waals surface area (Å²) >= 11 is 2.13. The van der Waals surface area contributed by atoms with Crippen LogP contribution in [-0.4, -0.2) is 43.2 Å². The van der Waals surface area contributed by atoms with Gasteiger partial charge < -0.3 is 9.47 Å². The van der Waals surface area contributed by atoms with Gasteiger partial charge in [0.2, 0.25) is 0 Å². The van der Waals surface area contributed by atoms with E-state index in [0.29, 0.717) is 37.9 Å². The van der Waals surface area contributed by atoms with Gasteiger partial charge in [0.15, 0.2) is 0 Å². The highest BCUT2D eigenvalue weighted by Crippen LogP contribution is 2.44. The molecule has 4 heteroatoms. The van der Waals surface area contributed by atoms with E-state index in [4.69, 9.17) is 9.47 Å². The molecule has 0 spiro atoms. The zero-order chi connectivity index (χ0) is 12.8. The van der Waals surface area contributed by atoms with Gasteiger partial charge in [-0.15, -0.1) is 0 Å². The molecule has 2 rings (SSSR count). The fraction of sp³-hybridized carbons (Fsp3) is 0.929. The van der Waals surface area contributed by atoms with Crippen molar-refractivity contribution in [3.05, 3.63) is 0 Å². The molecule has 104 valence electrons. The summed E-state index contributed by atoms with van der Waals surface area (Å²) in [7, 11) is 1.66. The Hall–Kier alpha value is -0.0600. The van der Waals surface area contributed by atoms with Gasteiger partial charge in [-0.1, -0.05) is 6.42 Å². The molecule has 0 aromatic heterocycles. The zero-order valence-electron chi connectivity index (χ0n) is 11.2. The van der Waals surface area contributed by atoms with Crippen LogP contribution in [0.4, 0.5) is 0 Å². The molecule has 2 fully saturated rings. The number of fused-ring (bicyclic) bond motifs is 2. The molecule has 18 heavy (non-hydrogen) atoms. The summed E-state index contributed by atoms with van der Waals surface area (Å²) < 4.78 is 10.3. The Morgan fingerprint density at radius 1 is 1.17 bits per heavy atom. The molecule has 0 radical (unpaired) electrons. The van der Waals surface area contributed by atoms with Crippen LogP contribution in [0.1, 0.15) is 38.5 Å². The number of thioether (sulfide) groups is 1. The van der Waals surface area contributed by atoms with Crippen molar-refractivity contribution in [1.82, 2.24) is 0 Å². The van der Waals surface area contributed by atoms with Crippen molar-refractivity contribution < 1.29 is 14.3 Å². The number of rotatable bonds is 7. The molecular weight excluding hydrogens is 248 g/mol. The molecule has 0 aromatic carbocycles. The molecule has 2 unspecified atom stereocenters. The summed E-state index contributed by atoms with van der Waals surface area (Å²) in [6.45, 7) is 1.76. The highest BCUT2D eigenvalue weighted by molar-refractivity contribution is 8.00. The first-order chi connectivity index (χ1) is 8.79. The van der Waals surface area contributed by atoms with Crippen molar-refractivity contribution in [3.63, 3.8) is 0 Å². The monoisotopic (exact) mass is 272 g/mol. The normalized spacial score (nSPS) is 31.3. The first kappa shape index (κ1) is 14.4. The van der Waals surface area contributed by atoms with Gasteiger partial charge in [0, 0.05) is 29.9 Å². The molecule has 2 aliphatic heterocycles. The summed E-state index contributed by atoms with van der Waals surface area (Å²) in [5, 5.41) is 1.50.